The van der Waals surface area contributed by atoms with Gasteiger partial charge >= 0.3 is 0 Å². The molecule has 1 aromatic rings. The minimum atomic E-state index is -4.06. The van der Waals surface area contributed by atoms with Crippen molar-refractivity contribution in [1.82, 2.24) is 4.72 Å². The van der Waals surface area contributed by atoms with E-state index in [2.05, 4.69) is 4.72 Å². The van der Waals surface area contributed by atoms with Crippen LogP contribution in [0.4, 0.5) is 5.69 Å². The fourth-order valence-corrected chi connectivity index (χ4v) is 3.93. The van der Waals surface area contributed by atoms with E-state index in [0.717, 1.165) is 25.0 Å². The Labute approximate surface area is 127 Å². The lowest BCUT2D eigenvalue weighted by atomic mass is 10.1. The molecule has 1 aliphatic carbocycles. The third kappa shape index (κ3) is 3.70. The summed E-state index contributed by atoms with van der Waals surface area (Å²) in [5.41, 5.74) is -0.529. The highest BCUT2D eigenvalue weighted by molar-refractivity contribution is 7.89. The number of sulfonamides is 1. The van der Waals surface area contributed by atoms with Gasteiger partial charge in [0.05, 0.1) is 11.0 Å². The molecule has 0 bridgehead atoms. The van der Waals surface area contributed by atoms with Crippen LogP contribution in [0.1, 0.15) is 19.3 Å². The zero-order valence-corrected chi connectivity index (χ0v) is 12.6. The minimum absolute atomic E-state index is 0.0488. The van der Waals surface area contributed by atoms with Crippen LogP contribution in [0.2, 0.25) is 5.02 Å². The van der Waals surface area contributed by atoms with E-state index in [1.807, 2.05) is 0 Å². The summed E-state index contributed by atoms with van der Waals surface area (Å²) in [7, 11) is -4.06. The number of aliphatic hydroxyl groups excluding tert-OH is 1. The topological polar surface area (TPSA) is 110 Å². The van der Waals surface area contributed by atoms with E-state index in [0.29, 0.717) is 6.42 Å². The van der Waals surface area contributed by atoms with Crippen molar-refractivity contribution in [3.63, 3.8) is 0 Å². The number of benzene rings is 1. The van der Waals surface area contributed by atoms with Gasteiger partial charge in [0.25, 0.3) is 5.69 Å². The van der Waals surface area contributed by atoms with Crippen molar-refractivity contribution in [2.45, 2.75) is 30.3 Å². The molecule has 2 rings (SSSR count). The average molecular weight is 335 g/mol. The molecule has 9 heteroatoms. The van der Waals surface area contributed by atoms with Crippen LogP contribution in [-0.4, -0.2) is 31.1 Å². The summed E-state index contributed by atoms with van der Waals surface area (Å²) in [6.07, 6.45) is 1.66. The van der Waals surface area contributed by atoms with Crippen LogP contribution >= 0.6 is 11.6 Å². The summed E-state index contributed by atoms with van der Waals surface area (Å²) < 4.78 is 26.8. The molecule has 0 unspecified atom stereocenters. The van der Waals surface area contributed by atoms with Crippen LogP contribution in [0.3, 0.4) is 0 Å². The Morgan fingerprint density at radius 3 is 2.71 bits per heavy atom. The molecule has 0 amide bonds. The summed E-state index contributed by atoms with van der Waals surface area (Å²) in [6, 6.07) is 3.37. The Kier molecular flexibility index (Phi) is 4.82. The molecular weight excluding hydrogens is 320 g/mol. The predicted octanol–water partition coefficient (Wildman–Crippen LogP) is 1.69. The molecule has 0 aromatic heterocycles. The highest BCUT2D eigenvalue weighted by Gasteiger charge is 2.30. The Balaban J connectivity index is 2.23. The van der Waals surface area contributed by atoms with Crippen LogP contribution in [0, 0.1) is 16.0 Å². The van der Waals surface area contributed by atoms with Gasteiger partial charge in [-0.05, 0) is 30.9 Å². The first kappa shape index (κ1) is 16.2. The monoisotopic (exact) mass is 334 g/mol. The summed E-state index contributed by atoms with van der Waals surface area (Å²) in [6.45, 7) is 0.0488. The van der Waals surface area contributed by atoms with Gasteiger partial charge in [-0.1, -0.05) is 18.0 Å². The zero-order chi connectivity index (χ0) is 15.6. The van der Waals surface area contributed by atoms with Gasteiger partial charge in [-0.15, -0.1) is 0 Å². The van der Waals surface area contributed by atoms with E-state index >= 15 is 0 Å². The van der Waals surface area contributed by atoms with E-state index in [4.69, 9.17) is 11.6 Å². The van der Waals surface area contributed by atoms with Crippen molar-refractivity contribution < 1.29 is 18.4 Å². The van der Waals surface area contributed by atoms with Crippen LogP contribution in [0.15, 0.2) is 23.1 Å². The molecule has 0 aliphatic heterocycles. The molecule has 7 nitrogen and oxygen atoms in total. The van der Waals surface area contributed by atoms with E-state index in [1.165, 1.54) is 6.07 Å². The molecule has 2 N–H and O–H groups in total. The molecule has 2 atom stereocenters. The molecule has 21 heavy (non-hydrogen) atoms. The Morgan fingerprint density at radius 1 is 1.43 bits per heavy atom. The maximum absolute atomic E-state index is 12.2. The van der Waals surface area contributed by atoms with E-state index < -0.39 is 31.6 Å². The first-order valence-electron chi connectivity index (χ1n) is 6.43. The van der Waals surface area contributed by atoms with Crippen LogP contribution in [-0.2, 0) is 10.0 Å². The van der Waals surface area contributed by atoms with E-state index in [1.54, 1.807) is 0 Å². The molecule has 1 aliphatic rings. The molecule has 0 radical (unpaired) electrons. The molecule has 0 heterocycles. The summed E-state index contributed by atoms with van der Waals surface area (Å²) >= 11 is 5.72. The molecule has 1 fully saturated rings. The number of nitrogens with zero attached hydrogens (tertiary/aromatic N) is 1. The number of nitro benzene ring substituents is 1. The molecule has 116 valence electrons. The van der Waals surface area contributed by atoms with Crippen molar-refractivity contribution in [3.8, 4) is 0 Å². The summed E-state index contributed by atoms with van der Waals surface area (Å²) in [5.74, 6) is -0.169. The van der Waals surface area contributed by atoms with Gasteiger partial charge in [0.2, 0.25) is 10.0 Å². The van der Waals surface area contributed by atoms with Gasteiger partial charge in [-0.25, -0.2) is 13.1 Å². The summed E-state index contributed by atoms with van der Waals surface area (Å²) in [4.78, 5) is 9.69. The van der Waals surface area contributed by atoms with Crippen molar-refractivity contribution in [3.05, 3.63) is 33.3 Å². The van der Waals surface area contributed by atoms with Crippen LogP contribution in [0.25, 0.3) is 0 Å². The van der Waals surface area contributed by atoms with E-state index in [9.17, 15) is 23.6 Å². The predicted molar refractivity (Wildman–Crippen MR) is 76.6 cm³/mol. The third-order valence-electron chi connectivity index (χ3n) is 3.56. The second-order valence-electron chi connectivity index (χ2n) is 4.98. The number of hydrogen-bond acceptors (Lipinski definition) is 5. The number of rotatable bonds is 5. The first-order valence-corrected chi connectivity index (χ1v) is 8.29. The number of nitrogens with one attached hydrogen (secondary N) is 1. The van der Waals surface area contributed by atoms with Crippen molar-refractivity contribution in [2.75, 3.05) is 6.54 Å². The van der Waals surface area contributed by atoms with Gasteiger partial charge in [-0.2, -0.15) is 0 Å². The van der Waals surface area contributed by atoms with Gasteiger partial charge in [0.1, 0.15) is 0 Å². The Bertz CT molecular complexity index is 649. The van der Waals surface area contributed by atoms with Crippen molar-refractivity contribution in [2.24, 2.45) is 5.92 Å². The second kappa shape index (κ2) is 6.27. The summed E-state index contributed by atoms with van der Waals surface area (Å²) in [5, 5.41) is 20.7. The van der Waals surface area contributed by atoms with Crippen molar-refractivity contribution in [1.29, 1.82) is 0 Å². The quantitative estimate of drug-likeness (QED) is 0.629. The molecule has 0 spiro atoms. The van der Waals surface area contributed by atoms with Gasteiger partial charge in [0.15, 0.2) is 4.90 Å². The van der Waals surface area contributed by atoms with Gasteiger partial charge in [-0.3, -0.25) is 10.1 Å². The highest BCUT2D eigenvalue weighted by Crippen LogP contribution is 2.28. The first-order chi connectivity index (χ1) is 9.81. The minimum Gasteiger partial charge on any atom is -0.393 e. The Morgan fingerprint density at radius 2 is 2.14 bits per heavy atom. The normalized spacial score (nSPS) is 22.4. The van der Waals surface area contributed by atoms with Crippen LogP contribution < -0.4 is 4.72 Å². The standard InChI is InChI=1S/C12H15ClN2O5S/c13-9-4-5-10(15(17)18)12(6-9)21(19,20)14-7-8-2-1-3-11(8)16/h4-6,8,11,14,16H,1-3,7H2/t8-,11-/m0/s1. The number of hydrogen-bond donors (Lipinski definition) is 2. The number of nitro groups is 1. The van der Waals surface area contributed by atoms with Crippen LogP contribution in [0.5, 0.6) is 0 Å². The molecule has 1 aromatic carbocycles. The highest BCUT2D eigenvalue weighted by atomic mass is 35.5. The largest absolute Gasteiger partial charge is 0.393 e. The lowest BCUT2D eigenvalue weighted by Gasteiger charge is -2.15. The lowest BCUT2D eigenvalue weighted by molar-refractivity contribution is -0.387. The third-order valence-corrected chi connectivity index (χ3v) is 5.25. The molecule has 1 saturated carbocycles. The number of halogens is 1. The zero-order valence-electron chi connectivity index (χ0n) is 11.0. The fraction of sp³-hybridized carbons (Fsp3) is 0.500. The number of aliphatic hydroxyl groups is 1. The second-order valence-corrected chi connectivity index (χ2v) is 7.15. The maximum Gasteiger partial charge on any atom is 0.289 e. The molecule has 0 saturated heterocycles. The average Bonchev–Trinajstić information content (AvgIpc) is 2.81. The SMILES string of the molecule is O=[N+]([O-])c1ccc(Cl)cc1S(=O)(=O)NC[C@@H]1CCC[C@@H]1O. The maximum atomic E-state index is 12.2. The van der Waals surface area contributed by atoms with Crippen molar-refractivity contribution >= 4 is 27.3 Å². The Hall–Kier alpha value is -1.22. The van der Waals surface area contributed by atoms with E-state index in [-0.39, 0.29) is 17.5 Å². The smallest absolute Gasteiger partial charge is 0.289 e. The van der Waals surface area contributed by atoms with Gasteiger partial charge in [0, 0.05) is 17.6 Å². The lowest BCUT2D eigenvalue weighted by Crippen LogP contribution is -2.32. The van der Waals surface area contributed by atoms with Gasteiger partial charge < -0.3 is 5.11 Å². The molecular formula is C12H15ClN2O5S. The fourth-order valence-electron chi connectivity index (χ4n) is 2.40.